The molecule has 2 heterocycles. The summed E-state index contributed by atoms with van der Waals surface area (Å²) in [4.78, 5) is 6.73. The minimum Gasteiger partial charge on any atom is -0.235 e. The molecule has 0 unspecified atom stereocenters. The average molecular weight is 444 g/mol. The van der Waals surface area contributed by atoms with Crippen molar-refractivity contribution in [2.45, 2.75) is 11.3 Å². The lowest BCUT2D eigenvalue weighted by molar-refractivity contribution is 0.587. The minimum absolute atomic E-state index is 0.0635. The van der Waals surface area contributed by atoms with Crippen molar-refractivity contribution in [2.24, 2.45) is 5.14 Å². The summed E-state index contributed by atoms with van der Waals surface area (Å²) in [5, 5.41) is 7.82. The van der Waals surface area contributed by atoms with E-state index in [-0.39, 0.29) is 4.90 Å². The summed E-state index contributed by atoms with van der Waals surface area (Å²) in [7, 11) is -6.89. The van der Waals surface area contributed by atoms with E-state index in [0.717, 1.165) is 32.3 Å². The molecule has 0 saturated carbocycles. The summed E-state index contributed by atoms with van der Waals surface area (Å²) in [5.74, 6) is 0. The highest BCUT2D eigenvalue weighted by Crippen LogP contribution is 2.33. The van der Waals surface area contributed by atoms with Crippen molar-refractivity contribution in [1.82, 2.24) is 9.71 Å². The van der Waals surface area contributed by atoms with Crippen LogP contribution in [0.1, 0.15) is 4.88 Å². The number of hydrogen-bond acceptors (Lipinski definition) is 7. The molecule has 0 radical (unpaired) electrons. The van der Waals surface area contributed by atoms with Crippen molar-refractivity contribution < 1.29 is 16.8 Å². The summed E-state index contributed by atoms with van der Waals surface area (Å²) >= 11 is 3.03. The van der Waals surface area contributed by atoms with Gasteiger partial charge in [-0.3, -0.25) is 0 Å². The topological polar surface area (TPSA) is 119 Å². The number of benzene rings is 1. The Hall–Kier alpha value is -1.63. The predicted molar refractivity (Wildman–Crippen MR) is 109 cm³/mol. The Bertz CT molecular complexity index is 1150. The van der Waals surface area contributed by atoms with E-state index in [4.69, 9.17) is 5.14 Å². The molecule has 1 aromatic carbocycles. The van der Waals surface area contributed by atoms with E-state index in [1.165, 1.54) is 23.5 Å². The van der Waals surface area contributed by atoms with Gasteiger partial charge in [0.25, 0.3) is 0 Å². The zero-order valence-corrected chi connectivity index (χ0v) is 17.5. The standard InChI is InChI=1S/C16H17N3O4S4/c1-26(20,21)18-9-8-12-4-7-15(25-12)14-10-24-16(19-14)11-2-5-13(6-3-11)27(17,22)23/h2-7,10,18H,8-9H2,1H3,(H2,17,22,23). The van der Waals surface area contributed by atoms with Gasteiger partial charge in [-0.15, -0.1) is 22.7 Å². The van der Waals surface area contributed by atoms with Gasteiger partial charge in [-0.1, -0.05) is 12.1 Å². The molecule has 11 heteroatoms. The minimum atomic E-state index is -3.71. The van der Waals surface area contributed by atoms with Crippen molar-refractivity contribution in [3.8, 4) is 21.1 Å². The SMILES string of the molecule is CS(=O)(=O)NCCc1ccc(-c2csc(-c3ccc(S(N)(=O)=O)cc3)n2)s1. The highest BCUT2D eigenvalue weighted by Gasteiger charge is 2.12. The molecule has 2 aromatic heterocycles. The fraction of sp³-hybridized carbons (Fsp3) is 0.188. The smallest absolute Gasteiger partial charge is 0.235 e. The third kappa shape index (κ3) is 5.43. The third-order valence-electron chi connectivity index (χ3n) is 3.58. The molecule has 3 aromatic rings. The van der Waals surface area contributed by atoms with E-state index in [0.29, 0.717) is 13.0 Å². The van der Waals surface area contributed by atoms with Crippen LogP contribution in [0.2, 0.25) is 0 Å². The van der Waals surface area contributed by atoms with E-state index < -0.39 is 20.0 Å². The molecule has 27 heavy (non-hydrogen) atoms. The number of aromatic nitrogens is 1. The van der Waals surface area contributed by atoms with Crippen LogP contribution in [-0.2, 0) is 26.5 Å². The molecular formula is C16H17N3O4S4. The zero-order valence-electron chi connectivity index (χ0n) is 14.2. The molecule has 0 aliphatic carbocycles. The quantitative estimate of drug-likeness (QED) is 0.581. The number of sulfonamides is 2. The van der Waals surface area contributed by atoms with Gasteiger partial charge in [-0.2, -0.15) is 0 Å². The first-order chi connectivity index (χ1) is 12.6. The maximum Gasteiger partial charge on any atom is 0.238 e. The largest absolute Gasteiger partial charge is 0.238 e. The molecule has 0 aliphatic heterocycles. The van der Waals surface area contributed by atoms with E-state index >= 15 is 0 Å². The number of primary sulfonamides is 1. The van der Waals surface area contributed by atoms with Crippen molar-refractivity contribution >= 4 is 42.7 Å². The maximum atomic E-state index is 11.3. The Morgan fingerprint density at radius 2 is 1.78 bits per heavy atom. The zero-order chi connectivity index (χ0) is 19.7. The van der Waals surface area contributed by atoms with E-state index in [2.05, 4.69) is 9.71 Å². The first-order valence-electron chi connectivity index (χ1n) is 7.74. The lowest BCUT2D eigenvalue weighted by atomic mass is 10.2. The van der Waals surface area contributed by atoms with Gasteiger partial charge in [0, 0.05) is 22.4 Å². The number of thiazole rings is 1. The van der Waals surface area contributed by atoms with Gasteiger partial charge in [-0.25, -0.2) is 31.7 Å². The molecule has 0 fully saturated rings. The second-order valence-corrected chi connectivity index (χ2v) is 11.2. The van der Waals surface area contributed by atoms with Gasteiger partial charge in [0.05, 0.1) is 21.7 Å². The van der Waals surface area contributed by atoms with Crippen molar-refractivity contribution in [3.05, 3.63) is 46.7 Å². The summed E-state index contributed by atoms with van der Waals surface area (Å²) in [6.45, 7) is 0.359. The lowest BCUT2D eigenvalue weighted by Crippen LogP contribution is -2.23. The summed E-state index contributed by atoms with van der Waals surface area (Å²) < 4.78 is 47.3. The van der Waals surface area contributed by atoms with Crippen LogP contribution in [0.3, 0.4) is 0 Å². The fourth-order valence-electron chi connectivity index (χ4n) is 2.32. The molecule has 0 aliphatic rings. The van der Waals surface area contributed by atoms with Crippen LogP contribution in [0.5, 0.6) is 0 Å². The predicted octanol–water partition coefficient (Wildman–Crippen LogP) is 2.28. The molecule has 0 spiro atoms. The molecule has 0 atom stereocenters. The Labute approximate surface area is 166 Å². The second-order valence-electron chi connectivity index (χ2n) is 5.79. The van der Waals surface area contributed by atoms with Crippen LogP contribution < -0.4 is 9.86 Å². The number of nitrogens with two attached hydrogens (primary N) is 1. The van der Waals surface area contributed by atoms with Gasteiger partial charge < -0.3 is 0 Å². The molecule has 0 bridgehead atoms. The number of nitrogens with zero attached hydrogens (tertiary/aromatic N) is 1. The maximum absolute atomic E-state index is 11.3. The monoisotopic (exact) mass is 443 g/mol. The van der Waals surface area contributed by atoms with E-state index in [1.54, 1.807) is 23.5 Å². The van der Waals surface area contributed by atoms with Crippen LogP contribution >= 0.6 is 22.7 Å². The molecule has 7 nitrogen and oxygen atoms in total. The normalized spacial score (nSPS) is 12.4. The molecule has 0 saturated heterocycles. The first-order valence-corrected chi connectivity index (χ1v) is 12.9. The molecule has 3 rings (SSSR count). The molecule has 0 amide bonds. The molecule has 144 valence electrons. The highest BCUT2D eigenvalue weighted by atomic mass is 32.2. The summed E-state index contributed by atoms with van der Waals surface area (Å²) in [6.07, 6.45) is 1.75. The number of nitrogens with one attached hydrogen (secondary N) is 1. The molecule has 3 N–H and O–H groups in total. The van der Waals surface area contributed by atoms with Crippen molar-refractivity contribution in [3.63, 3.8) is 0 Å². The second kappa shape index (κ2) is 7.78. The van der Waals surface area contributed by atoms with Crippen molar-refractivity contribution in [1.29, 1.82) is 0 Å². The molecular weight excluding hydrogens is 426 g/mol. The Kier molecular flexibility index (Phi) is 5.79. The third-order valence-corrected chi connectivity index (χ3v) is 7.30. The summed E-state index contributed by atoms with van der Waals surface area (Å²) in [6, 6.07) is 10.2. The lowest BCUT2D eigenvalue weighted by Gasteiger charge is -2.00. The van der Waals surface area contributed by atoms with Crippen LogP contribution in [-0.4, -0.2) is 34.6 Å². The number of rotatable bonds is 7. The Morgan fingerprint density at radius 1 is 1.07 bits per heavy atom. The van der Waals surface area contributed by atoms with Crippen molar-refractivity contribution in [2.75, 3.05) is 12.8 Å². The number of hydrogen-bond donors (Lipinski definition) is 2. The van der Waals surface area contributed by atoms with Gasteiger partial charge in [0.15, 0.2) is 0 Å². The van der Waals surface area contributed by atoms with Gasteiger partial charge in [0.1, 0.15) is 5.01 Å². The van der Waals surface area contributed by atoms with Crippen LogP contribution in [0.25, 0.3) is 21.1 Å². The van der Waals surface area contributed by atoms with Crippen LogP contribution in [0.15, 0.2) is 46.7 Å². The first kappa shape index (κ1) is 20.1. The van der Waals surface area contributed by atoms with Gasteiger partial charge in [0.2, 0.25) is 20.0 Å². The van der Waals surface area contributed by atoms with E-state index in [9.17, 15) is 16.8 Å². The highest BCUT2D eigenvalue weighted by molar-refractivity contribution is 7.89. The van der Waals surface area contributed by atoms with E-state index in [1.807, 2.05) is 17.5 Å². The average Bonchev–Trinajstić information content (AvgIpc) is 3.22. The van der Waals surface area contributed by atoms with Gasteiger partial charge in [-0.05, 0) is 30.7 Å². The number of thiophene rings is 1. The van der Waals surface area contributed by atoms with Gasteiger partial charge >= 0.3 is 0 Å². The fourth-order valence-corrected chi connectivity index (χ4v) is 5.17. The Balaban J connectivity index is 1.72. The van der Waals surface area contributed by atoms with Crippen LogP contribution in [0, 0.1) is 0 Å². The summed E-state index contributed by atoms with van der Waals surface area (Å²) in [5.41, 5.74) is 1.64. The van der Waals surface area contributed by atoms with Crippen LogP contribution in [0.4, 0.5) is 0 Å². The Morgan fingerprint density at radius 3 is 2.41 bits per heavy atom.